The molecule has 0 aromatic heterocycles. The van der Waals surface area contributed by atoms with Crippen LogP contribution in [0.2, 0.25) is 6.04 Å². The minimum Gasteiger partial charge on any atom is -0.446 e. The second kappa shape index (κ2) is 18.6. The Labute approximate surface area is 243 Å². The number of carbonyl (C=O) groups excluding carboxylic acids is 3. The molecule has 1 fully saturated rings. The van der Waals surface area contributed by atoms with E-state index in [4.69, 9.17) is 18.0 Å². The molecule has 2 N–H and O–H groups in total. The zero-order chi connectivity index (χ0) is 30.1. The first-order valence-electron chi connectivity index (χ1n) is 14.9. The average Bonchev–Trinajstić information content (AvgIpc) is 2.89. The van der Waals surface area contributed by atoms with Gasteiger partial charge in [0.15, 0.2) is 0 Å². The van der Waals surface area contributed by atoms with E-state index in [1.807, 2.05) is 0 Å². The number of amides is 2. The van der Waals surface area contributed by atoms with Crippen LogP contribution < -0.4 is 10.6 Å². The van der Waals surface area contributed by atoms with Crippen LogP contribution in [-0.2, 0) is 27.6 Å². The number of nitrogens with zero attached hydrogens (tertiary/aromatic N) is 1. The molecular formula is C29H55N3O7Si. The van der Waals surface area contributed by atoms with Gasteiger partial charge in [0.1, 0.15) is 6.10 Å². The van der Waals surface area contributed by atoms with Crippen molar-refractivity contribution in [2.75, 3.05) is 34.4 Å². The van der Waals surface area contributed by atoms with E-state index in [2.05, 4.69) is 43.3 Å². The van der Waals surface area contributed by atoms with Crippen molar-refractivity contribution in [1.82, 2.24) is 10.6 Å². The molecule has 10 nitrogen and oxygen atoms in total. The van der Waals surface area contributed by atoms with Gasteiger partial charge in [-0.1, -0.05) is 40.5 Å². The standard InChI is InChI=1S/C29H55N3O7Si/c1-8-9-10-14-25(15-11-12-16-26(34)30-17-13-18-40(36-5,37-6)38-7)39-27(35)31-22-29(4)20-24(32-23-33)19-28(2,3)21-29/h24-25H,8-22H2,1-7H3,(H,30,34)(H,31,35). The number of isocyanates is 1. The molecule has 0 saturated heterocycles. The molecule has 1 aliphatic carbocycles. The van der Waals surface area contributed by atoms with Crippen LogP contribution in [0.25, 0.3) is 0 Å². The summed E-state index contributed by atoms with van der Waals surface area (Å²) >= 11 is 0. The van der Waals surface area contributed by atoms with Crippen LogP contribution in [0.1, 0.15) is 105 Å². The summed E-state index contributed by atoms with van der Waals surface area (Å²) in [7, 11) is 2.14. The number of carbonyl (C=O) groups is 2. The third-order valence-electron chi connectivity index (χ3n) is 7.81. The van der Waals surface area contributed by atoms with Gasteiger partial charge in [0.2, 0.25) is 12.0 Å². The predicted molar refractivity (Wildman–Crippen MR) is 158 cm³/mol. The quantitative estimate of drug-likeness (QED) is 0.0833. The first-order valence-corrected chi connectivity index (χ1v) is 16.8. The highest BCUT2D eigenvalue weighted by molar-refractivity contribution is 6.60. The maximum Gasteiger partial charge on any atom is 0.500 e. The maximum atomic E-state index is 12.8. The van der Waals surface area contributed by atoms with Crippen molar-refractivity contribution in [3.8, 4) is 0 Å². The lowest BCUT2D eigenvalue weighted by atomic mass is 9.63. The number of nitrogens with one attached hydrogen (secondary N) is 2. The molecule has 0 aromatic rings. The van der Waals surface area contributed by atoms with Gasteiger partial charge in [-0.3, -0.25) is 4.79 Å². The molecule has 1 saturated carbocycles. The van der Waals surface area contributed by atoms with Crippen molar-refractivity contribution >= 4 is 26.9 Å². The Bertz CT molecular complexity index is 794. The first kappa shape index (κ1) is 36.2. The number of rotatable bonds is 20. The summed E-state index contributed by atoms with van der Waals surface area (Å²) in [6.45, 7) is 9.66. The molecule has 0 aromatic carbocycles. The van der Waals surface area contributed by atoms with Crippen LogP contribution in [0, 0.1) is 10.8 Å². The monoisotopic (exact) mass is 585 g/mol. The number of hydrogen-bond donors (Lipinski definition) is 2. The summed E-state index contributed by atoms with van der Waals surface area (Å²) in [5.74, 6) is 0.0154. The lowest BCUT2D eigenvalue weighted by Gasteiger charge is -2.45. The van der Waals surface area contributed by atoms with Gasteiger partial charge >= 0.3 is 14.9 Å². The van der Waals surface area contributed by atoms with Crippen LogP contribution in [0.3, 0.4) is 0 Å². The second-order valence-electron chi connectivity index (χ2n) is 12.3. The fraction of sp³-hybridized carbons (Fsp3) is 0.897. The Morgan fingerprint density at radius 3 is 2.23 bits per heavy atom. The summed E-state index contributed by atoms with van der Waals surface area (Å²) < 4.78 is 22.1. The summed E-state index contributed by atoms with van der Waals surface area (Å²) in [6, 6.07) is 0.569. The van der Waals surface area contributed by atoms with E-state index in [0.29, 0.717) is 25.6 Å². The molecule has 1 aliphatic rings. The molecule has 232 valence electrons. The van der Waals surface area contributed by atoms with E-state index in [9.17, 15) is 14.4 Å². The van der Waals surface area contributed by atoms with Crippen molar-refractivity contribution in [2.45, 2.75) is 123 Å². The minimum absolute atomic E-state index is 0.0154. The largest absolute Gasteiger partial charge is 0.500 e. The minimum atomic E-state index is -2.61. The Balaban J connectivity index is 2.46. The molecule has 3 unspecified atom stereocenters. The van der Waals surface area contributed by atoms with Crippen molar-refractivity contribution in [3.05, 3.63) is 0 Å². The predicted octanol–water partition coefficient (Wildman–Crippen LogP) is 5.53. The van der Waals surface area contributed by atoms with E-state index >= 15 is 0 Å². The van der Waals surface area contributed by atoms with Gasteiger partial charge in [-0.15, -0.1) is 0 Å². The molecule has 3 atom stereocenters. The van der Waals surface area contributed by atoms with E-state index in [1.165, 1.54) is 0 Å². The van der Waals surface area contributed by atoms with Crippen LogP contribution >= 0.6 is 0 Å². The van der Waals surface area contributed by atoms with Crippen molar-refractivity contribution in [1.29, 1.82) is 0 Å². The summed E-state index contributed by atoms with van der Waals surface area (Å²) in [5, 5.41) is 5.94. The molecule has 2 amide bonds. The highest BCUT2D eigenvalue weighted by atomic mass is 28.4. The van der Waals surface area contributed by atoms with Crippen molar-refractivity contribution in [2.24, 2.45) is 15.8 Å². The van der Waals surface area contributed by atoms with Crippen LogP contribution in [0.4, 0.5) is 4.79 Å². The SMILES string of the molecule is CCCCCC(CCCCC(=O)NCCC[Si](OC)(OC)OC)OC(=O)NCC1(C)CC(N=C=O)CC(C)(C)C1. The fourth-order valence-electron chi connectivity index (χ4n) is 6.08. The number of ether oxygens (including phenoxy) is 1. The Kier molecular flexibility index (Phi) is 16.9. The molecule has 0 bridgehead atoms. The van der Waals surface area contributed by atoms with Crippen LogP contribution in [0.5, 0.6) is 0 Å². The molecule has 0 radical (unpaired) electrons. The number of hydrogen-bond acceptors (Lipinski definition) is 8. The van der Waals surface area contributed by atoms with E-state index in [0.717, 1.165) is 70.6 Å². The molecule has 40 heavy (non-hydrogen) atoms. The summed E-state index contributed by atoms with van der Waals surface area (Å²) in [5.41, 5.74) is -0.139. The maximum absolute atomic E-state index is 12.8. The molecule has 0 aliphatic heterocycles. The van der Waals surface area contributed by atoms with Gasteiger partial charge in [-0.2, -0.15) is 0 Å². The van der Waals surface area contributed by atoms with E-state index < -0.39 is 14.9 Å². The third kappa shape index (κ3) is 14.2. The number of alkyl carbamates (subject to hydrolysis) is 1. The van der Waals surface area contributed by atoms with Crippen LogP contribution in [0.15, 0.2) is 4.99 Å². The Morgan fingerprint density at radius 1 is 0.975 bits per heavy atom. The fourth-order valence-corrected chi connectivity index (χ4v) is 7.80. The average molecular weight is 586 g/mol. The Hall–Kier alpha value is -1.78. The molecule has 0 heterocycles. The van der Waals surface area contributed by atoms with E-state index in [-0.39, 0.29) is 28.9 Å². The van der Waals surface area contributed by atoms with Crippen LogP contribution in [-0.4, -0.2) is 73.4 Å². The van der Waals surface area contributed by atoms with Gasteiger partial charge in [-0.25, -0.2) is 14.6 Å². The summed E-state index contributed by atoms with van der Waals surface area (Å²) in [4.78, 5) is 39.9. The lowest BCUT2D eigenvalue weighted by molar-refractivity contribution is -0.121. The number of aliphatic imine (C=N–C) groups is 1. The van der Waals surface area contributed by atoms with Gasteiger partial charge in [0, 0.05) is 46.9 Å². The Morgan fingerprint density at radius 2 is 1.62 bits per heavy atom. The summed E-state index contributed by atoms with van der Waals surface area (Å²) in [6.07, 6.45) is 11.1. The topological polar surface area (TPSA) is 125 Å². The van der Waals surface area contributed by atoms with Crippen molar-refractivity contribution < 1.29 is 32.4 Å². The zero-order valence-corrected chi connectivity index (χ0v) is 27.1. The molecular weight excluding hydrogens is 530 g/mol. The molecule has 11 heteroatoms. The highest BCUT2D eigenvalue weighted by Gasteiger charge is 2.41. The van der Waals surface area contributed by atoms with E-state index in [1.54, 1.807) is 27.4 Å². The van der Waals surface area contributed by atoms with Gasteiger partial charge in [0.05, 0.1) is 6.04 Å². The first-order chi connectivity index (χ1) is 19.0. The van der Waals surface area contributed by atoms with Gasteiger partial charge in [-0.05, 0) is 68.6 Å². The normalized spacial score (nSPS) is 21.2. The molecule has 0 spiro atoms. The van der Waals surface area contributed by atoms with Gasteiger partial charge in [0.25, 0.3) is 0 Å². The zero-order valence-electron chi connectivity index (χ0n) is 26.1. The lowest BCUT2D eigenvalue weighted by Crippen LogP contribution is -2.45. The van der Waals surface area contributed by atoms with Gasteiger partial charge < -0.3 is 28.6 Å². The highest BCUT2D eigenvalue weighted by Crippen LogP contribution is 2.46. The number of unbranched alkanes of at least 4 members (excludes halogenated alkanes) is 3. The smallest absolute Gasteiger partial charge is 0.446 e. The molecule has 1 rings (SSSR count). The third-order valence-corrected chi connectivity index (χ3v) is 10.6. The second-order valence-corrected chi connectivity index (χ2v) is 15.4. The van der Waals surface area contributed by atoms with Crippen molar-refractivity contribution in [3.63, 3.8) is 0 Å².